The molecule has 2 aromatic carbocycles. The number of aromatic nitrogens is 1. The number of hydrogen-bond donors (Lipinski definition) is 1. The van der Waals surface area contributed by atoms with Crippen LogP contribution in [0.4, 0.5) is 4.39 Å². The number of carbonyl (C=O) groups is 1. The molecule has 0 saturated carbocycles. The highest BCUT2D eigenvalue weighted by atomic mass is 35.5. The van der Waals surface area contributed by atoms with Crippen molar-refractivity contribution in [1.29, 1.82) is 0 Å². The number of rotatable bonds is 5. The maximum atomic E-state index is 13.7. The van der Waals surface area contributed by atoms with E-state index < -0.39 is 5.82 Å². The molecule has 138 valence electrons. The van der Waals surface area contributed by atoms with Crippen LogP contribution in [0.15, 0.2) is 47.0 Å². The Labute approximate surface area is 158 Å². The lowest BCUT2D eigenvalue weighted by Gasteiger charge is -2.06. The highest BCUT2D eigenvalue weighted by Crippen LogP contribution is 2.36. The lowest BCUT2D eigenvalue weighted by Crippen LogP contribution is -2.25. The number of halogens is 2. The molecule has 3 aromatic rings. The van der Waals surface area contributed by atoms with Gasteiger partial charge in [0.2, 0.25) is 12.7 Å². The van der Waals surface area contributed by atoms with Crippen molar-refractivity contribution in [3.8, 4) is 22.8 Å². The van der Waals surface area contributed by atoms with E-state index >= 15 is 0 Å². The molecule has 1 aliphatic heterocycles. The Morgan fingerprint density at radius 3 is 2.89 bits per heavy atom. The van der Waals surface area contributed by atoms with Crippen molar-refractivity contribution >= 4 is 17.5 Å². The van der Waals surface area contributed by atoms with E-state index in [1.807, 2.05) is 6.07 Å². The number of amides is 1. The number of carbonyl (C=O) groups excluding carboxylic acids is 1. The summed E-state index contributed by atoms with van der Waals surface area (Å²) in [6.45, 7) is 0.345. The molecule has 0 aliphatic carbocycles. The zero-order valence-corrected chi connectivity index (χ0v) is 14.8. The third kappa shape index (κ3) is 3.73. The van der Waals surface area contributed by atoms with Crippen LogP contribution in [0.3, 0.4) is 0 Å². The minimum Gasteiger partial charge on any atom is -0.454 e. The van der Waals surface area contributed by atoms with Crippen LogP contribution in [0, 0.1) is 5.82 Å². The lowest BCUT2D eigenvalue weighted by molar-refractivity contribution is -0.120. The van der Waals surface area contributed by atoms with E-state index in [0.29, 0.717) is 23.0 Å². The molecule has 4 rings (SSSR count). The van der Waals surface area contributed by atoms with Gasteiger partial charge in [0.15, 0.2) is 17.3 Å². The van der Waals surface area contributed by atoms with Crippen molar-refractivity contribution in [1.82, 2.24) is 10.5 Å². The molecule has 0 radical (unpaired) electrons. The molecule has 6 nitrogen and oxygen atoms in total. The number of benzene rings is 2. The van der Waals surface area contributed by atoms with Crippen LogP contribution in [0.1, 0.15) is 11.3 Å². The molecule has 27 heavy (non-hydrogen) atoms. The summed E-state index contributed by atoms with van der Waals surface area (Å²) in [6, 6.07) is 11.4. The van der Waals surface area contributed by atoms with E-state index in [0.717, 1.165) is 5.56 Å². The Morgan fingerprint density at radius 1 is 1.19 bits per heavy atom. The average Bonchev–Trinajstić information content (AvgIpc) is 3.31. The topological polar surface area (TPSA) is 73.6 Å². The molecule has 0 fully saturated rings. The van der Waals surface area contributed by atoms with Crippen LogP contribution in [0.5, 0.6) is 11.5 Å². The van der Waals surface area contributed by atoms with E-state index in [1.54, 1.807) is 24.3 Å². The van der Waals surface area contributed by atoms with Gasteiger partial charge in [-0.05, 0) is 30.3 Å². The quantitative estimate of drug-likeness (QED) is 0.721. The van der Waals surface area contributed by atoms with Crippen molar-refractivity contribution in [2.24, 2.45) is 0 Å². The Bertz CT molecular complexity index is 985. The summed E-state index contributed by atoms with van der Waals surface area (Å²) < 4.78 is 29.7. The fraction of sp³-hybridized carbons (Fsp3) is 0.158. The minimum absolute atomic E-state index is 0.152. The van der Waals surface area contributed by atoms with Gasteiger partial charge >= 0.3 is 0 Å². The minimum atomic E-state index is -0.510. The Kier molecular flexibility index (Phi) is 4.68. The smallest absolute Gasteiger partial charge is 0.231 e. The zero-order chi connectivity index (χ0) is 18.8. The molecular weight excluding hydrogens is 375 g/mol. The molecule has 1 aromatic heterocycles. The first kappa shape index (κ1) is 17.4. The maximum absolute atomic E-state index is 13.7. The van der Waals surface area contributed by atoms with Crippen molar-refractivity contribution < 1.29 is 23.2 Å². The van der Waals surface area contributed by atoms with E-state index in [2.05, 4.69) is 10.5 Å². The predicted molar refractivity (Wildman–Crippen MR) is 95.0 cm³/mol. The van der Waals surface area contributed by atoms with Crippen LogP contribution < -0.4 is 14.8 Å². The molecule has 8 heteroatoms. The van der Waals surface area contributed by atoms with Gasteiger partial charge in [0.1, 0.15) is 11.5 Å². The second-order valence-electron chi connectivity index (χ2n) is 5.90. The molecule has 0 unspecified atom stereocenters. The molecule has 0 spiro atoms. The van der Waals surface area contributed by atoms with Crippen LogP contribution in [0.2, 0.25) is 5.02 Å². The van der Waals surface area contributed by atoms with Crippen molar-refractivity contribution in [3.63, 3.8) is 0 Å². The van der Waals surface area contributed by atoms with E-state index in [1.165, 1.54) is 12.1 Å². The highest BCUT2D eigenvalue weighted by molar-refractivity contribution is 6.31. The number of ether oxygens (including phenoxy) is 2. The van der Waals surface area contributed by atoms with Gasteiger partial charge in [0.05, 0.1) is 13.0 Å². The summed E-state index contributed by atoms with van der Waals surface area (Å²) in [4.78, 5) is 12.1. The molecule has 1 N–H and O–H groups in total. The van der Waals surface area contributed by atoms with Crippen molar-refractivity contribution in [2.75, 3.05) is 6.79 Å². The average molecular weight is 389 g/mol. The van der Waals surface area contributed by atoms with Crippen LogP contribution >= 0.6 is 11.6 Å². The third-order valence-electron chi connectivity index (χ3n) is 4.08. The second-order valence-corrected chi connectivity index (χ2v) is 6.31. The molecule has 2 heterocycles. The largest absolute Gasteiger partial charge is 0.454 e. The van der Waals surface area contributed by atoms with E-state index in [4.69, 9.17) is 25.6 Å². The molecule has 1 amide bonds. The SMILES string of the molecule is O=C(Cc1c(F)cccc1Cl)NCc1cc(-c2ccc3c(c2)OCO3)on1. The monoisotopic (exact) mass is 388 g/mol. The summed E-state index contributed by atoms with van der Waals surface area (Å²) in [7, 11) is 0. The lowest BCUT2D eigenvalue weighted by atomic mass is 10.1. The first-order valence-electron chi connectivity index (χ1n) is 8.15. The van der Waals surface area contributed by atoms with Gasteiger partial charge < -0.3 is 19.3 Å². The number of nitrogens with zero attached hydrogens (tertiary/aromatic N) is 1. The Hall–Kier alpha value is -3.06. The highest BCUT2D eigenvalue weighted by Gasteiger charge is 2.16. The standard InChI is InChI=1S/C19H14ClFN2O4/c20-14-2-1-3-15(21)13(14)8-19(24)22-9-12-7-17(27-23-12)11-4-5-16-18(6-11)26-10-25-16/h1-7H,8-10H2,(H,22,24). The molecule has 0 saturated heterocycles. The Balaban J connectivity index is 1.39. The van der Waals surface area contributed by atoms with Crippen molar-refractivity contribution in [2.45, 2.75) is 13.0 Å². The molecular formula is C19H14ClFN2O4. The summed E-state index contributed by atoms with van der Waals surface area (Å²) >= 11 is 5.94. The maximum Gasteiger partial charge on any atom is 0.231 e. The van der Waals surface area contributed by atoms with Crippen LogP contribution in [-0.2, 0) is 17.8 Å². The van der Waals surface area contributed by atoms with Gasteiger partial charge in [-0.1, -0.05) is 22.8 Å². The normalized spacial score (nSPS) is 12.2. The predicted octanol–water partition coefficient (Wildman–Crippen LogP) is 3.72. The number of hydrogen-bond acceptors (Lipinski definition) is 5. The molecule has 0 atom stereocenters. The summed E-state index contributed by atoms with van der Waals surface area (Å²) in [5, 5.41) is 6.83. The van der Waals surface area contributed by atoms with Gasteiger partial charge in [-0.15, -0.1) is 0 Å². The summed E-state index contributed by atoms with van der Waals surface area (Å²) in [5.74, 6) is 0.978. The fourth-order valence-corrected chi connectivity index (χ4v) is 2.92. The van der Waals surface area contributed by atoms with E-state index in [9.17, 15) is 9.18 Å². The van der Waals surface area contributed by atoms with Crippen molar-refractivity contribution in [3.05, 3.63) is 64.6 Å². The van der Waals surface area contributed by atoms with Crippen LogP contribution in [-0.4, -0.2) is 17.9 Å². The van der Waals surface area contributed by atoms with Gasteiger partial charge in [-0.25, -0.2) is 4.39 Å². The number of nitrogens with one attached hydrogen (secondary N) is 1. The molecule has 1 aliphatic rings. The summed E-state index contributed by atoms with van der Waals surface area (Å²) in [5.41, 5.74) is 1.48. The fourth-order valence-electron chi connectivity index (χ4n) is 2.69. The number of fused-ring (bicyclic) bond motifs is 1. The first-order valence-corrected chi connectivity index (χ1v) is 8.53. The van der Waals surface area contributed by atoms with Gasteiger partial charge in [0, 0.05) is 22.2 Å². The first-order chi connectivity index (χ1) is 13.1. The van der Waals surface area contributed by atoms with E-state index in [-0.39, 0.29) is 36.3 Å². The zero-order valence-electron chi connectivity index (χ0n) is 14.0. The summed E-state index contributed by atoms with van der Waals surface area (Å²) in [6.07, 6.45) is -0.154. The third-order valence-corrected chi connectivity index (χ3v) is 4.44. The second kappa shape index (κ2) is 7.28. The Morgan fingerprint density at radius 2 is 2.04 bits per heavy atom. The van der Waals surface area contributed by atoms with Crippen LogP contribution in [0.25, 0.3) is 11.3 Å². The van der Waals surface area contributed by atoms with Gasteiger partial charge in [0.25, 0.3) is 0 Å². The van der Waals surface area contributed by atoms with Gasteiger partial charge in [-0.2, -0.15) is 0 Å². The van der Waals surface area contributed by atoms with Gasteiger partial charge in [-0.3, -0.25) is 4.79 Å². The molecule has 0 bridgehead atoms.